The van der Waals surface area contributed by atoms with Crippen LogP contribution in [-0.4, -0.2) is 49.3 Å². The van der Waals surface area contributed by atoms with Crippen molar-refractivity contribution in [3.05, 3.63) is 51.6 Å². The lowest BCUT2D eigenvalue weighted by Gasteiger charge is -2.26. The van der Waals surface area contributed by atoms with E-state index in [0.29, 0.717) is 13.1 Å². The van der Waals surface area contributed by atoms with Crippen LogP contribution < -0.4 is 5.56 Å². The molecule has 1 N–H and O–H groups in total. The standard InChI is InChI=1S/C22H30N6O2/c1-15-7-8-19-16(10-15)11-17(21(29)23-19)12-27(13-18-6-5-9-30-18)14-20-24-25-26-28(20)22(2,3)4/h7-8,10-11,18H,5-6,9,12-14H2,1-4H3,(H,23,29)/t18-/m0/s1. The van der Waals surface area contributed by atoms with Crippen molar-refractivity contribution < 1.29 is 4.74 Å². The maximum atomic E-state index is 12.8. The van der Waals surface area contributed by atoms with Crippen LogP contribution in [0.1, 0.15) is 50.6 Å². The number of fused-ring (bicyclic) bond motifs is 1. The monoisotopic (exact) mass is 410 g/mol. The summed E-state index contributed by atoms with van der Waals surface area (Å²) in [6.45, 7) is 10.9. The summed E-state index contributed by atoms with van der Waals surface area (Å²) in [5.74, 6) is 0.786. The molecule has 1 saturated heterocycles. The summed E-state index contributed by atoms with van der Waals surface area (Å²) in [5, 5.41) is 13.4. The van der Waals surface area contributed by atoms with E-state index in [1.165, 1.54) is 5.56 Å². The summed E-state index contributed by atoms with van der Waals surface area (Å²) in [6, 6.07) is 8.06. The van der Waals surface area contributed by atoms with E-state index in [1.54, 1.807) is 0 Å². The van der Waals surface area contributed by atoms with Gasteiger partial charge in [0.15, 0.2) is 5.82 Å². The Bertz CT molecular complexity index is 1080. The van der Waals surface area contributed by atoms with E-state index in [9.17, 15) is 4.79 Å². The van der Waals surface area contributed by atoms with Gasteiger partial charge in [0.05, 0.1) is 18.2 Å². The van der Waals surface area contributed by atoms with Gasteiger partial charge in [-0.05, 0) is 74.5 Å². The van der Waals surface area contributed by atoms with Crippen LogP contribution in [0.4, 0.5) is 0 Å². The number of hydrogen-bond acceptors (Lipinski definition) is 6. The van der Waals surface area contributed by atoms with Crippen molar-refractivity contribution in [1.29, 1.82) is 0 Å². The van der Waals surface area contributed by atoms with E-state index >= 15 is 0 Å². The Morgan fingerprint density at radius 2 is 2.10 bits per heavy atom. The third kappa shape index (κ3) is 4.60. The van der Waals surface area contributed by atoms with Gasteiger partial charge < -0.3 is 9.72 Å². The highest BCUT2D eigenvalue weighted by molar-refractivity contribution is 5.79. The number of hydrogen-bond donors (Lipinski definition) is 1. The normalized spacial score (nSPS) is 17.3. The van der Waals surface area contributed by atoms with Gasteiger partial charge in [0.1, 0.15) is 0 Å². The number of aryl methyl sites for hydroxylation is 1. The van der Waals surface area contributed by atoms with Crippen LogP contribution in [0.25, 0.3) is 10.9 Å². The van der Waals surface area contributed by atoms with Crippen molar-refractivity contribution in [3.63, 3.8) is 0 Å². The molecule has 8 nitrogen and oxygen atoms in total. The van der Waals surface area contributed by atoms with Crippen LogP contribution in [0, 0.1) is 6.92 Å². The Hall–Kier alpha value is -2.58. The van der Waals surface area contributed by atoms with Gasteiger partial charge in [0.2, 0.25) is 0 Å². The Morgan fingerprint density at radius 3 is 2.83 bits per heavy atom. The molecule has 4 rings (SSSR count). The van der Waals surface area contributed by atoms with Gasteiger partial charge in [-0.1, -0.05) is 11.6 Å². The van der Waals surface area contributed by atoms with Crippen LogP contribution in [0.2, 0.25) is 0 Å². The second kappa shape index (κ2) is 8.28. The fraction of sp³-hybridized carbons (Fsp3) is 0.545. The molecule has 2 aromatic heterocycles. The topological polar surface area (TPSA) is 88.9 Å². The highest BCUT2D eigenvalue weighted by atomic mass is 16.5. The number of pyridine rings is 1. The molecule has 1 aromatic carbocycles. The van der Waals surface area contributed by atoms with Gasteiger partial charge in [-0.3, -0.25) is 9.69 Å². The Labute approximate surface area is 176 Å². The summed E-state index contributed by atoms with van der Waals surface area (Å²) in [5.41, 5.74) is 2.49. The Morgan fingerprint density at radius 1 is 1.27 bits per heavy atom. The molecule has 3 heterocycles. The summed E-state index contributed by atoms with van der Waals surface area (Å²) in [6.07, 6.45) is 2.29. The number of nitrogens with zero attached hydrogens (tertiary/aromatic N) is 5. The molecule has 3 aromatic rings. The van der Waals surface area contributed by atoms with Gasteiger partial charge >= 0.3 is 0 Å². The van der Waals surface area contributed by atoms with Gasteiger partial charge in [-0.15, -0.1) is 5.10 Å². The largest absolute Gasteiger partial charge is 0.377 e. The molecule has 0 unspecified atom stereocenters. The van der Waals surface area contributed by atoms with E-state index in [0.717, 1.165) is 48.3 Å². The number of rotatable bonds is 6. The molecule has 1 aliphatic heterocycles. The minimum Gasteiger partial charge on any atom is -0.377 e. The van der Waals surface area contributed by atoms with E-state index in [2.05, 4.69) is 59.2 Å². The van der Waals surface area contributed by atoms with Gasteiger partial charge in [0.25, 0.3) is 5.56 Å². The van der Waals surface area contributed by atoms with Crippen LogP contribution in [0.5, 0.6) is 0 Å². The number of aromatic amines is 1. The van der Waals surface area contributed by atoms with E-state index in [1.807, 2.05) is 22.9 Å². The third-order valence-electron chi connectivity index (χ3n) is 5.49. The van der Waals surface area contributed by atoms with Gasteiger partial charge in [-0.2, -0.15) is 0 Å². The summed E-state index contributed by atoms with van der Waals surface area (Å²) >= 11 is 0. The predicted octanol–water partition coefficient (Wildman–Crippen LogP) is 2.76. The fourth-order valence-corrected chi connectivity index (χ4v) is 4.02. The number of benzene rings is 1. The van der Waals surface area contributed by atoms with Crippen molar-refractivity contribution in [3.8, 4) is 0 Å². The van der Waals surface area contributed by atoms with Gasteiger partial charge in [-0.25, -0.2) is 4.68 Å². The number of ether oxygens (including phenoxy) is 1. The SMILES string of the molecule is Cc1ccc2[nH]c(=O)c(CN(Cc3nnnn3C(C)(C)C)C[C@@H]3CCCO3)cc2c1. The van der Waals surface area contributed by atoms with Gasteiger partial charge in [0, 0.05) is 30.8 Å². The summed E-state index contributed by atoms with van der Waals surface area (Å²) in [4.78, 5) is 18.0. The van der Waals surface area contributed by atoms with E-state index < -0.39 is 0 Å². The lowest BCUT2D eigenvalue weighted by molar-refractivity contribution is 0.0657. The number of tetrazole rings is 1. The third-order valence-corrected chi connectivity index (χ3v) is 5.49. The minimum atomic E-state index is -0.216. The molecule has 30 heavy (non-hydrogen) atoms. The Balaban J connectivity index is 1.63. The molecule has 0 radical (unpaired) electrons. The number of nitrogens with one attached hydrogen (secondary N) is 1. The summed E-state index contributed by atoms with van der Waals surface area (Å²) < 4.78 is 7.72. The van der Waals surface area contributed by atoms with Crippen molar-refractivity contribution in [2.45, 2.75) is 65.3 Å². The lowest BCUT2D eigenvalue weighted by Crippen LogP contribution is -2.35. The van der Waals surface area contributed by atoms with Crippen LogP contribution in [0.15, 0.2) is 29.1 Å². The van der Waals surface area contributed by atoms with Crippen LogP contribution >= 0.6 is 0 Å². The second-order valence-corrected chi connectivity index (χ2v) is 9.20. The zero-order valence-corrected chi connectivity index (χ0v) is 18.2. The molecule has 8 heteroatoms. The highest BCUT2D eigenvalue weighted by Gasteiger charge is 2.25. The molecule has 1 aliphatic rings. The first-order valence-electron chi connectivity index (χ1n) is 10.5. The molecule has 0 spiro atoms. The predicted molar refractivity (Wildman–Crippen MR) is 115 cm³/mol. The van der Waals surface area contributed by atoms with E-state index in [4.69, 9.17) is 4.74 Å². The average molecular weight is 411 g/mol. The number of H-pyrrole nitrogens is 1. The zero-order chi connectivity index (χ0) is 21.3. The fourth-order valence-electron chi connectivity index (χ4n) is 4.02. The van der Waals surface area contributed by atoms with Crippen molar-refractivity contribution >= 4 is 10.9 Å². The quantitative estimate of drug-likeness (QED) is 0.672. The molecule has 0 saturated carbocycles. The molecular formula is C22H30N6O2. The molecule has 0 aliphatic carbocycles. The molecule has 160 valence electrons. The minimum absolute atomic E-state index is 0.0564. The van der Waals surface area contributed by atoms with Crippen LogP contribution in [-0.2, 0) is 23.4 Å². The molecule has 0 bridgehead atoms. The summed E-state index contributed by atoms with van der Waals surface area (Å²) in [7, 11) is 0. The average Bonchev–Trinajstić information content (AvgIpc) is 3.34. The first-order chi connectivity index (χ1) is 14.3. The van der Waals surface area contributed by atoms with E-state index in [-0.39, 0.29) is 17.2 Å². The first kappa shape index (κ1) is 20.7. The first-order valence-corrected chi connectivity index (χ1v) is 10.5. The highest BCUT2D eigenvalue weighted by Crippen LogP contribution is 2.20. The molecule has 1 atom stereocenters. The smallest absolute Gasteiger partial charge is 0.252 e. The molecule has 0 amide bonds. The Kier molecular flexibility index (Phi) is 5.71. The van der Waals surface area contributed by atoms with Crippen LogP contribution in [0.3, 0.4) is 0 Å². The maximum Gasteiger partial charge on any atom is 0.252 e. The van der Waals surface area contributed by atoms with Crippen molar-refractivity contribution in [2.24, 2.45) is 0 Å². The number of aromatic nitrogens is 5. The zero-order valence-electron chi connectivity index (χ0n) is 18.2. The molecular weight excluding hydrogens is 380 g/mol. The lowest BCUT2D eigenvalue weighted by atomic mass is 10.1. The van der Waals surface area contributed by atoms with Crippen molar-refractivity contribution in [2.75, 3.05) is 13.2 Å². The maximum absolute atomic E-state index is 12.8. The second-order valence-electron chi connectivity index (χ2n) is 9.20. The van der Waals surface area contributed by atoms with Crippen molar-refractivity contribution in [1.82, 2.24) is 30.1 Å². The molecule has 1 fully saturated rings.